The van der Waals surface area contributed by atoms with Crippen LogP contribution >= 0.6 is 0 Å². The molecule has 42 heavy (non-hydrogen) atoms. The maximum Gasteiger partial charge on any atom is 0.337 e. The highest BCUT2D eigenvalue weighted by atomic mass is 19.1. The third-order valence-electron chi connectivity index (χ3n) is 8.77. The minimum Gasteiger partial charge on any atom is -0.481 e. The molecule has 5 rings (SSSR count). The highest BCUT2D eigenvalue weighted by molar-refractivity contribution is 5.90. The van der Waals surface area contributed by atoms with Crippen LogP contribution in [-0.4, -0.2) is 102 Å². The first kappa shape index (κ1) is 29.6. The van der Waals surface area contributed by atoms with Crippen LogP contribution in [0, 0.1) is 17.7 Å². The monoisotopic (exact) mass is 588 g/mol. The first-order valence-corrected chi connectivity index (χ1v) is 13.8. The Morgan fingerprint density at radius 1 is 1.14 bits per heavy atom. The van der Waals surface area contributed by atoms with E-state index in [1.165, 1.54) is 12.1 Å². The number of aliphatic carboxylic acids is 3. The molecule has 5 unspecified atom stereocenters. The van der Waals surface area contributed by atoms with Gasteiger partial charge in [0.15, 0.2) is 5.60 Å². The standard InChI is InChI=1S/C28H33FN4O9/c29-19-4-3-17-16-42-27(20(17)11-19)5-10-32(14-18(15-33-9-1-6-30-33)24(36)31-7-2-8-31)21(12-27)23(25(37)38)28(41,26(39)40)13-22(34)35/h1,3-4,6,9,11,18,21,23,41H,2,5,7-8,10,12-16H2,(H,34,35)(H,37,38)(H,39,40). The van der Waals surface area contributed by atoms with E-state index in [1.54, 1.807) is 39.0 Å². The summed E-state index contributed by atoms with van der Waals surface area (Å²) >= 11 is 0. The molecule has 4 heterocycles. The van der Waals surface area contributed by atoms with Crippen LogP contribution in [-0.2, 0) is 42.7 Å². The molecule has 2 fully saturated rings. The number of aromatic nitrogens is 2. The number of carbonyl (C=O) groups excluding carboxylic acids is 1. The van der Waals surface area contributed by atoms with Gasteiger partial charge in [-0.15, -0.1) is 0 Å². The number of amides is 1. The number of ether oxygens (including phenoxy) is 1. The molecule has 0 aliphatic carbocycles. The number of aliphatic hydroxyl groups is 1. The SMILES string of the molecule is O=C(O)CC(O)(C(=O)O)C(C(=O)O)C1CC2(CCN1CC(Cn1cccn1)C(=O)N1CCC1)OCc1ccc(F)cc12. The Labute approximate surface area is 240 Å². The van der Waals surface area contributed by atoms with E-state index in [0.29, 0.717) is 24.2 Å². The average molecular weight is 589 g/mol. The zero-order chi connectivity index (χ0) is 30.2. The van der Waals surface area contributed by atoms with Gasteiger partial charge in [0.25, 0.3) is 0 Å². The van der Waals surface area contributed by atoms with Crippen LogP contribution in [0.25, 0.3) is 0 Å². The van der Waals surface area contributed by atoms with Gasteiger partial charge in [-0.1, -0.05) is 6.07 Å². The number of hydrogen-bond donors (Lipinski definition) is 4. The van der Waals surface area contributed by atoms with Crippen LogP contribution in [0.15, 0.2) is 36.7 Å². The van der Waals surface area contributed by atoms with E-state index < -0.39 is 59.2 Å². The van der Waals surface area contributed by atoms with Crippen LogP contribution in [0.1, 0.15) is 36.8 Å². The lowest BCUT2D eigenvalue weighted by Gasteiger charge is -2.49. The van der Waals surface area contributed by atoms with E-state index in [0.717, 1.165) is 6.42 Å². The summed E-state index contributed by atoms with van der Waals surface area (Å²) in [5, 5.41) is 45.2. The van der Waals surface area contributed by atoms with Crippen molar-refractivity contribution in [3.63, 3.8) is 0 Å². The summed E-state index contributed by atoms with van der Waals surface area (Å²) in [7, 11) is 0. The van der Waals surface area contributed by atoms with Crippen LogP contribution in [0.5, 0.6) is 0 Å². The molecule has 1 aromatic carbocycles. The second-order valence-corrected chi connectivity index (χ2v) is 11.3. The highest BCUT2D eigenvalue weighted by Crippen LogP contribution is 2.49. The summed E-state index contributed by atoms with van der Waals surface area (Å²) in [5.74, 6) is -8.95. The van der Waals surface area contributed by atoms with Gasteiger partial charge in [-0.25, -0.2) is 9.18 Å². The molecular formula is C28H33FN4O9. The third-order valence-corrected chi connectivity index (χ3v) is 8.77. The van der Waals surface area contributed by atoms with Crippen molar-refractivity contribution in [1.29, 1.82) is 0 Å². The number of benzene rings is 1. The first-order valence-electron chi connectivity index (χ1n) is 13.8. The number of carbonyl (C=O) groups is 4. The fraction of sp³-hybridized carbons (Fsp3) is 0.536. The molecule has 0 bridgehead atoms. The quantitative estimate of drug-likeness (QED) is 0.291. The fourth-order valence-corrected chi connectivity index (χ4v) is 6.54. The summed E-state index contributed by atoms with van der Waals surface area (Å²) in [6, 6.07) is 4.56. The van der Waals surface area contributed by atoms with Gasteiger partial charge >= 0.3 is 17.9 Å². The fourth-order valence-electron chi connectivity index (χ4n) is 6.54. The molecule has 2 saturated heterocycles. The van der Waals surface area contributed by atoms with E-state index >= 15 is 0 Å². The molecule has 1 spiro atoms. The molecule has 13 nitrogen and oxygen atoms in total. The van der Waals surface area contributed by atoms with E-state index in [-0.39, 0.29) is 45.0 Å². The number of rotatable bonds is 11. The lowest BCUT2D eigenvalue weighted by molar-refractivity contribution is -0.190. The summed E-state index contributed by atoms with van der Waals surface area (Å²) < 4.78 is 22.1. The number of carboxylic acids is 3. The Bertz CT molecular complexity index is 1370. The molecular weight excluding hydrogens is 555 g/mol. The summed E-state index contributed by atoms with van der Waals surface area (Å²) in [6.07, 6.45) is 2.82. The molecule has 14 heteroatoms. The number of nitrogens with zero attached hydrogens (tertiary/aromatic N) is 4. The Hall–Kier alpha value is -3.88. The molecule has 226 valence electrons. The van der Waals surface area contributed by atoms with Gasteiger partial charge in [-0.2, -0.15) is 5.10 Å². The van der Waals surface area contributed by atoms with Gasteiger partial charge in [-0.3, -0.25) is 24.0 Å². The zero-order valence-electron chi connectivity index (χ0n) is 22.8. The van der Waals surface area contributed by atoms with E-state index in [4.69, 9.17) is 4.74 Å². The predicted octanol–water partition coefficient (Wildman–Crippen LogP) is 0.752. The summed E-state index contributed by atoms with van der Waals surface area (Å²) in [4.78, 5) is 53.6. The van der Waals surface area contributed by atoms with Crippen molar-refractivity contribution in [2.75, 3.05) is 26.2 Å². The minimum absolute atomic E-state index is 0.0154. The number of likely N-dealkylation sites (tertiary alicyclic amines) is 2. The molecule has 3 aliphatic heterocycles. The Morgan fingerprint density at radius 3 is 2.50 bits per heavy atom. The molecule has 5 atom stereocenters. The second kappa shape index (κ2) is 11.4. The van der Waals surface area contributed by atoms with E-state index in [1.807, 2.05) is 0 Å². The summed E-state index contributed by atoms with van der Waals surface area (Å²) in [5.41, 5.74) is -3.20. The van der Waals surface area contributed by atoms with Crippen molar-refractivity contribution in [2.45, 2.75) is 56.1 Å². The van der Waals surface area contributed by atoms with Crippen molar-refractivity contribution in [3.8, 4) is 0 Å². The van der Waals surface area contributed by atoms with Gasteiger partial charge in [-0.05, 0) is 48.6 Å². The number of fused-ring (bicyclic) bond motifs is 2. The van der Waals surface area contributed by atoms with Gasteiger partial charge in [0.1, 0.15) is 11.7 Å². The predicted molar refractivity (Wildman–Crippen MR) is 140 cm³/mol. The molecule has 2 aromatic rings. The number of halogens is 1. The lowest BCUT2D eigenvalue weighted by Crippen LogP contribution is -2.63. The number of carboxylic acid groups (broad SMARTS) is 3. The topological polar surface area (TPSA) is 183 Å². The maximum absolute atomic E-state index is 14.4. The molecule has 3 aliphatic rings. The van der Waals surface area contributed by atoms with Crippen LogP contribution in [0.2, 0.25) is 0 Å². The van der Waals surface area contributed by atoms with Gasteiger partial charge in [0.05, 0.1) is 31.1 Å². The number of piperidine rings is 1. The van der Waals surface area contributed by atoms with Gasteiger partial charge in [0, 0.05) is 44.6 Å². The van der Waals surface area contributed by atoms with Crippen molar-refractivity contribution in [3.05, 3.63) is 53.6 Å². The van der Waals surface area contributed by atoms with Crippen molar-refractivity contribution >= 4 is 23.8 Å². The van der Waals surface area contributed by atoms with Crippen LogP contribution < -0.4 is 0 Å². The Morgan fingerprint density at radius 2 is 1.90 bits per heavy atom. The summed E-state index contributed by atoms with van der Waals surface area (Å²) in [6.45, 7) is 1.53. The van der Waals surface area contributed by atoms with Gasteiger partial charge < -0.3 is 30.1 Å². The van der Waals surface area contributed by atoms with Crippen molar-refractivity contribution in [1.82, 2.24) is 19.6 Å². The third kappa shape index (κ3) is 5.49. The van der Waals surface area contributed by atoms with Gasteiger partial charge in [0.2, 0.25) is 5.91 Å². The molecule has 1 aromatic heterocycles. The average Bonchev–Trinajstić information content (AvgIpc) is 3.51. The Kier molecular flexibility index (Phi) is 8.05. The van der Waals surface area contributed by atoms with Crippen molar-refractivity contribution in [2.24, 2.45) is 11.8 Å². The molecule has 0 saturated carbocycles. The molecule has 4 N–H and O–H groups in total. The van der Waals surface area contributed by atoms with E-state index in [2.05, 4.69) is 5.10 Å². The molecule has 1 amide bonds. The largest absolute Gasteiger partial charge is 0.481 e. The smallest absolute Gasteiger partial charge is 0.337 e. The van der Waals surface area contributed by atoms with Crippen LogP contribution in [0.4, 0.5) is 4.39 Å². The van der Waals surface area contributed by atoms with E-state index in [9.17, 15) is 44.0 Å². The lowest BCUT2D eigenvalue weighted by atomic mass is 9.70. The normalized spacial score (nSPS) is 24.8. The first-order chi connectivity index (χ1) is 19.9. The van der Waals surface area contributed by atoms with Crippen LogP contribution in [0.3, 0.4) is 0 Å². The van der Waals surface area contributed by atoms with Crippen molar-refractivity contribution < 1.29 is 48.7 Å². The molecule has 0 radical (unpaired) electrons. The number of hydrogen-bond acceptors (Lipinski definition) is 8. The zero-order valence-corrected chi connectivity index (χ0v) is 22.8. The Balaban J connectivity index is 1.55. The highest BCUT2D eigenvalue weighted by Gasteiger charge is 2.59. The second-order valence-electron chi connectivity index (χ2n) is 11.3. The maximum atomic E-state index is 14.4. The minimum atomic E-state index is -3.19.